The number of carboxylic acids is 1. The summed E-state index contributed by atoms with van der Waals surface area (Å²) < 4.78 is 1.72. The highest BCUT2D eigenvalue weighted by molar-refractivity contribution is 5.87. The molecule has 0 spiro atoms. The fourth-order valence-electron chi connectivity index (χ4n) is 3.05. The molecular weight excluding hydrogens is 254 g/mol. The summed E-state index contributed by atoms with van der Waals surface area (Å²) in [6, 6.07) is 6.29. The van der Waals surface area contributed by atoms with Gasteiger partial charge in [-0.15, -0.1) is 5.10 Å². The molecule has 2 aliphatic rings. The molecule has 0 unspecified atom stereocenters. The van der Waals surface area contributed by atoms with E-state index in [4.69, 9.17) is 0 Å². The zero-order valence-electron chi connectivity index (χ0n) is 11.0. The van der Waals surface area contributed by atoms with E-state index in [0.29, 0.717) is 5.92 Å². The third-order valence-corrected chi connectivity index (χ3v) is 4.20. The minimum absolute atomic E-state index is 0.105. The molecule has 1 N–H and O–H groups in total. The molecule has 0 amide bonds. The molecular formula is C15H15N3O2. The molecule has 5 nitrogen and oxygen atoms in total. The zero-order valence-corrected chi connectivity index (χ0v) is 11.0. The van der Waals surface area contributed by atoms with Crippen LogP contribution in [0, 0.1) is 0 Å². The van der Waals surface area contributed by atoms with Gasteiger partial charge in [-0.1, -0.05) is 11.3 Å². The maximum absolute atomic E-state index is 11.3. The standard InChI is InChI=1S/C15H15N3O2/c19-15(20)13-14(10-4-5-10)18(17-16-13)12-7-6-9-2-1-3-11(9)8-12/h6-8,10H,1-5H2,(H,19,20). The van der Waals surface area contributed by atoms with Crippen molar-refractivity contribution in [3.8, 4) is 5.69 Å². The van der Waals surface area contributed by atoms with Gasteiger partial charge in [0, 0.05) is 5.92 Å². The number of aromatic nitrogens is 3. The van der Waals surface area contributed by atoms with E-state index in [9.17, 15) is 9.90 Å². The first-order chi connectivity index (χ1) is 9.74. The summed E-state index contributed by atoms with van der Waals surface area (Å²) in [6.07, 6.45) is 5.49. The van der Waals surface area contributed by atoms with Crippen LogP contribution in [-0.2, 0) is 12.8 Å². The van der Waals surface area contributed by atoms with Crippen molar-refractivity contribution in [2.75, 3.05) is 0 Å². The second kappa shape index (κ2) is 4.16. The Morgan fingerprint density at radius 1 is 1.25 bits per heavy atom. The molecule has 0 radical (unpaired) electrons. The molecule has 2 aliphatic carbocycles. The number of aryl methyl sites for hydroxylation is 2. The zero-order chi connectivity index (χ0) is 13.7. The van der Waals surface area contributed by atoms with Gasteiger partial charge in [-0.05, 0) is 55.4 Å². The van der Waals surface area contributed by atoms with Crippen molar-refractivity contribution in [3.63, 3.8) is 0 Å². The summed E-state index contributed by atoms with van der Waals surface area (Å²) in [7, 11) is 0. The van der Waals surface area contributed by atoms with Crippen molar-refractivity contribution in [1.29, 1.82) is 0 Å². The monoisotopic (exact) mass is 269 g/mol. The first-order valence-electron chi connectivity index (χ1n) is 7.05. The number of nitrogens with zero attached hydrogens (tertiary/aromatic N) is 3. The van der Waals surface area contributed by atoms with Crippen molar-refractivity contribution >= 4 is 5.97 Å². The molecule has 20 heavy (non-hydrogen) atoms. The fraction of sp³-hybridized carbons (Fsp3) is 0.400. The molecule has 102 valence electrons. The van der Waals surface area contributed by atoms with Crippen LogP contribution in [-0.4, -0.2) is 26.1 Å². The maximum Gasteiger partial charge on any atom is 0.358 e. The van der Waals surface area contributed by atoms with Gasteiger partial charge in [0.15, 0.2) is 5.69 Å². The summed E-state index contributed by atoms with van der Waals surface area (Å²) in [6.45, 7) is 0. The van der Waals surface area contributed by atoms with Crippen LogP contribution in [0.3, 0.4) is 0 Å². The maximum atomic E-state index is 11.3. The molecule has 4 rings (SSSR count). The smallest absolute Gasteiger partial charge is 0.358 e. The minimum atomic E-state index is -0.987. The van der Waals surface area contributed by atoms with Crippen molar-refractivity contribution in [2.45, 2.75) is 38.0 Å². The van der Waals surface area contributed by atoms with Gasteiger partial charge in [-0.25, -0.2) is 9.48 Å². The Hall–Kier alpha value is -2.17. The van der Waals surface area contributed by atoms with E-state index in [1.54, 1.807) is 4.68 Å². The Balaban J connectivity index is 1.84. The lowest BCUT2D eigenvalue weighted by molar-refractivity contribution is 0.0689. The number of benzene rings is 1. The molecule has 1 fully saturated rings. The molecule has 1 aromatic carbocycles. The summed E-state index contributed by atoms with van der Waals surface area (Å²) in [4.78, 5) is 11.3. The van der Waals surface area contributed by atoms with Crippen molar-refractivity contribution in [1.82, 2.24) is 15.0 Å². The van der Waals surface area contributed by atoms with Gasteiger partial charge in [0.25, 0.3) is 0 Å². The Morgan fingerprint density at radius 3 is 2.80 bits per heavy atom. The summed E-state index contributed by atoms with van der Waals surface area (Å²) >= 11 is 0. The summed E-state index contributed by atoms with van der Waals surface area (Å²) in [5, 5.41) is 17.2. The first kappa shape index (κ1) is 11.6. The van der Waals surface area contributed by atoms with Crippen molar-refractivity contribution in [3.05, 3.63) is 40.7 Å². The van der Waals surface area contributed by atoms with Crippen LogP contribution in [0.4, 0.5) is 0 Å². The molecule has 5 heteroatoms. The summed E-state index contributed by atoms with van der Waals surface area (Å²) in [5.74, 6) is -0.691. The SMILES string of the molecule is O=C(O)c1nnn(-c2ccc3c(c2)CCC3)c1C1CC1. The van der Waals surface area contributed by atoms with Gasteiger partial charge >= 0.3 is 5.97 Å². The predicted molar refractivity (Wildman–Crippen MR) is 72.3 cm³/mol. The van der Waals surface area contributed by atoms with Gasteiger partial charge in [0.2, 0.25) is 0 Å². The molecule has 1 saturated carbocycles. The van der Waals surface area contributed by atoms with Crippen LogP contribution < -0.4 is 0 Å². The van der Waals surface area contributed by atoms with Gasteiger partial charge < -0.3 is 5.11 Å². The van der Waals surface area contributed by atoms with Crippen LogP contribution in [0.15, 0.2) is 18.2 Å². The number of carbonyl (C=O) groups is 1. The number of hydrogen-bond acceptors (Lipinski definition) is 3. The van der Waals surface area contributed by atoms with Crippen LogP contribution in [0.5, 0.6) is 0 Å². The van der Waals surface area contributed by atoms with Gasteiger partial charge in [-0.3, -0.25) is 0 Å². The number of rotatable bonds is 3. The molecule has 0 aliphatic heterocycles. The van der Waals surface area contributed by atoms with E-state index < -0.39 is 5.97 Å². The van der Waals surface area contributed by atoms with Crippen LogP contribution in [0.25, 0.3) is 5.69 Å². The molecule has 1 aromatic heterocycles. The van der Waals surface area contributed by atoms with E-state index in [-0.39, 0.29) is 5.69 Å². The molecule has 0 atom stereocenters. The average molecular weight is 269 g/mol. The van der Waals surface area contributed by atoms with Crippen LogP contribution in [0.2, 0.25) is 0 Å². The highest BCUT2D eigenvalue weighted by atomic mass is 16.4. The predicted octanol–water partition coefficient (Wildman–Crippen LogP) is 2.33. The van der Waals surface area contributed by atoms with Gasteiger partial charge in [0.05, 0.1) is 11.4 Å². The topological polar surface area (TPSA) is 68.0 Å². The van der Waals surface area contributed by atoms with Gasteiger partial charge in [0.1, 0.15) is 0 Å². The highest BCUT2D eigenvalue weighted by Crippen LogP contribution is 2.42. The van der Waals surface area contributed by atoms with Gasteiger partial charge in [-0.2, -0.15) is 0 Å². The Morgan fingerprint density at radius 2 is 2.05 bits per heavy atom. The molecule has 2 aromatic rings. The van der Waals surface area contributed by atoms with Crippen LogP contribution in [0.1, 0.15) is 52.5 Å². The second-order valence-corrected chi connectivity index (χ2v) is 5.62. The Kier molecular flexibility index (Phi) is 2.42. The number of carboxylic acid groups (broad SMARTS) is 1. The van der Waals surface area contributed by atoms with E-state index in [1.165, 1.54) is 17.5 Å². The largest absolute Gasteiger partial charge is 0.476 e. The van der Waals surface area contributed by atoms with Crippen LogP contribution >= 0.6 is 0 Å². The number of aromatic carboxylic acids is 1. The quantitative estimate of drug-likeness (QED) is 0.928. The minimum Gasteiger partial charge on any atom is -0.476 e. The lowest BCUT2D eigenvalue weighted by Crippen LogP contribution is -2.06. The van der Waals surface area contributed by atoms with Crippen molar-refractivity contribution < 1.29 is 9.90 Å². The molecule has 0 saturated heterocycles. The second-order valence-electron chi connectivity index (χ2n) is 5.62. The lowest BCUT2D eigenvalue weighted by atomic mass is 10.1. The number of hydrogen-bond donors (Lipinski definition) is 1. The Labute approximate surface area is 116 Å². The third kappa shape index (κ3) is 1.73. The first-order valence-corrected chi connectivity index (χ1v) is 7.05. The van der Waals surface area contributed by atoms with E-state index in [2.05, 4.69) is 22.4 Å². The summed E-state index contributed by atoms with van der Waals surface area (Å²) in [5.41, 5.74) is 4.56. The Bertz CT molecular complexity index is 701. The van der Waals surface area contributed by atoms with E-state index in [0.717, 1.165) is 37.1 Å². The van der Waals surface area contributed by atoms with E-state index in [1.807, 2.05) is 6.07 Å². The normalized spacial score (nSPS) is 17.2. The lowest BCUT2D eigenvalue weighted by Gasteiger charge is -2.08. The fourth-order valence-corrected chi connectivity index (χ4v) is 3.05. The highest BCUT2D eigenvalue weighted by Gasteiger charge is 2.34. The molecule has 1 heterocycles. The van der Waals surface area contributed by atoms with Crippen molar-refractivity contribution in [2.24, 2.45) is 0 Å². The third-order valence-electron chi connectivity index (χ3n) is 4.20. The molecule has 0 bridgehead atoms. The number of fused-ring (bicyclic) bond motifs is 1. The average Bonchev–Trinajstić information content (AvgIpc) is 3.02. The van der Waals surface area contributed by atoms with E-state index >= 15 is 0 Å².